The molecule has 0 radical (unpaired) electrons. The van der Waals surface area contributed by atoms with Crippen LogP contribution in [0.25, 0.3) is 6.08 Å². The Balaban J connectivity index is 1.58. The van der Waals surface area contributed by atoms with E-state index in [4.69, 9.17) is 0 Å². The molecule has 0 aliphatic carbocycles. The number of hydrogen-bond donors (Lipinski definition) is 1. The first-order valence-electron chi connectivity index (χ1n) is 7.37. The van der Waals surface area contributed by atoms with Crippen molar-refractivity contribution in [2.24, 2.45) is 0 Å². The number of amides is 1. The third-order valence-corrected chi connectivity index (χ3v) is 3.24. The first-order chi connectivity index (χ1) is 11.7. The highest BCUT2D eigenvalue weighted by atomic mass is 19.1. The first kappa shape index (κ1) is 15.6. The monoisotopic (exact) mass is 322 g/mol. The third kappa shape index (κ3) is 4.36. The fourth-order valence-corrected chi connectivity index (χ4v) is 2.09. The van der Waals surface area contributed by atoms with Crippen molar-refractivity contribution < 1.29 is 9.18 Å². The topological polar surface area (TPSA) is 59.8 Å². The van der Waals surface area contributed by atoms with Crippen LogP contribution in [0.3, 0.4) is 0 Å². The van der Waals surface area contributed by atoms with Crippen LogP contribution in [0.4, 0.5) is 10.2 Å². The van der Waals surface area contributed by atoms with E-state index in [2.05, 4.69) is 15.4 Å². The largest absolute Gasteiger partial charge is 0.306 e. The second kappa shape index (κ2) is 7.32. The molecule has 0 saturated carbocycles. The molecule has 2 heterocycles. The molecule has 1 N–H and O–H groups in total. The van der Waals surface area contributed by atoms with Crippen LogP contribution in [-0.2, 0) is 11.3 Å². The van der Waals surface area contributed by atoms with Gasteiger partial charge in [0.1, 0.15) is 5.82 Å². The quantitative estimate of drug-likeness (QED) is 0.734. The Labute approximate surface area is 138 Å². The van der Waals surface area contributed by atoms with E-state index in [-0.39, 0.29) is 11.7 Å². The van der Waals surface area contributed by atoms with Crippen LogP contribution < -0.4 is 5.32 Å². The van der Waals surface area contributed by atoms with Crippen LogP contribution in [0.15, 0.2) is 67.0 Å². The molecule has 6 heteroatoms. The minimum atomic E-state index is -0.310. The van der Waals surface area contributed by atoms with Crippen LogP contribution in [0.1, 0.15) is 11.3 Å². The van der Waals surface area contributed by atoms with Gasteiger partial charge < -0.3 is 5.32 Å². The van der Waals surface area contributed by atoms with Crippen molar-refractivity contribution >= 4 is 17.8 Å². The Hall–Kier alpha value is -3.28. The van der Waals surface area contributed by atoms with Crippen molar-refractivity contribution in [3.05, 3.63) is 84.1 Å². The zero-order chi connectivity index (χ0) is 16.8. The van der Waals surface area contributed by atoms with E-state index in [9.17, 15) is 9.18 Å². The highest BCUT2D eigenvalue weighted by Crippen LogP contribution is 2.07. The minimum Gasteiger partial charge on any atom is -0.306 e. The molecule has 1 aromatic carbocycles. The molecule has 0 unspecified atom stereocenters. The Morgan fingerprint density at radius 3 is 2.75 bits per heavy atom. The van der Waals surface area contributed by atoms with Gasteiger partial charge in [-0.15, -0.1) is 0 Å². The molecular formula is C18H15FN4O. The number of nitrogens with zero attached hydrogens (tertiary/aromatic N) is 3. The highest BCUT2D eigenvalue weighted by molar-refractivity contribution is 6.01. The summed E-state index contributed by atoms with van der Waals surface area (Å²) in [6, 6.07) is 13.3. The maximum atomic E-state index is 12.8. The molecular weight excluding hydrogens is 307 g/mol. The fraction of sp³-hybridized carbons (Fsp3) is 0.0556. The number of aromatic nitrogens is 3. The van der Waals surface area contributed by atoms with E-state index in [1.165, 1.54) is 18.2 Å². The summed E-state index contributed by atoms with van der Waals surface area (Å²) in [4.78, 5) is 16.1. The van der Waals surface area contributed by atoms with Gasteiger partial charge in [0.15, 0.2) is 5.82 Å². The lowest BCUT2D eigenvalue weighted by atomic mass is 10.2. The van der Waals surface area contributed by atoms with Crippen molar-refractivity contribution in [1.82, 2.24) is 14.8 Å². The molecule has 0 fully saturated rings. The van der Waals surface area contributed by atoms with Gasteiger partial charge in [0.05, 0.1) is 12.2 Å². The van der Waals surface area contributed by atoms with Crippen molar-refractivity contribution in [1.29, 1.82) is 0 Å². The van der Waals surface area contributed by atoms with E-state index < -0.39 is 0 Å². The van der Waals surface area contributed by atoms with Gasteiger partial charge in [0, 0.05) is 24.5 Å². The van der Waals surface area contributed by atoms with Gasteiger partial charge in [-0.25, -0.2) is 4.39 Å². The number of benzene rings is 1. The lowest BCUT2D eigenvalue weighted by Gasteiger charge is -2.00. The van der Waals surface area contributed by atoms with Crippen molar-refractivity contribution in [3.8, 4) is 0 Å². The standard InChI is InChI=1S/C18H15FN4O/c19-15-7-4-14(5-8-15)6-9-18(24)21-17-10-12-23(22-17)13-16-3-1-2-11-20-16/h1-12H,13H2,(H,21,22,24)/b9-6+. The molecule has 0 aliphatic rings. The predicted molar refractivity (Wildman–Crippen MR) is 89.6 cm³/mol. The molecule has 120 valence electrons. The average molecular weight is 322 g/mol. The first-order valence-corrected chi connectivity index (χ1v) is 7.37. The van der Waals surface area contributed by atoms with Gasteiger partial charge >= 0.3 is 0 Å². The number of hydrogen-bond acceptors (Lipinski definition) is 3. The zero-order valence-corrected chi connectivity index (χ0v) is 12.8. The van der Waals surface area contributed by atoms with Gasteiger partial charge in [-0.05, 0) is 35.9 Å². The second-order valence-electron chi connectivity index (χ2n) is 5.09. The summed E-state index contributed by atoms with van der Waals surface area (Å²) >= 11 is 0. The maximum Gasteiger partial charge on any atom is 0.249 e. The normalized spacial score (nSPS) is 10.9. The van der Waals surface area contributed by atoms with Crippen molar-refractivity contribution in [3.63, 3.8) is 0 Å². The smallest absolute Gasteiger partial charge is 0.249 e. The molecule has 0 bridgehead atoms. The molecule has 0 aliphatic heterocycles. The average Bonchev–Trinajstić information content (AvgIpc) is 3.02. The highest BCUT2D eigenvalue weighted by Gasteiger charge is 2.03. The number of pyridine rings is 1. The molecule has 3 rings (SSSR count). The van der Waals surface area contributed by atoms with E-state index in [1.807, 2.05) is 18.2 Å². The number of anilines is 1. The van der Waals surface area contributed by atoms with Gasteiger partial charge in [-0.2, -0.15) is 5.10 Å². The zero-order valence-electron chi connectivity index (χ0n) is 12.8. The van der Waals surface area contributed by atoms with Gasteiger partial charge in [-0.3, -0.25) is 14.5 Å². The third-order valence-electron chi connectivity index (χ3n) is 3.24. The summed E-state index contributed by atoms with van der Waals surface area (Å²) in [6.45, 7) is 0.530. The van der Waals surface area contributed by atoms with Gasteiger partial charge in [-0.1, -0.05) is 18.2 Å². The van der Waals surface area contributed by atoms with E-state index in [0.29, 0.717) is 12.4 Å². The lowest BCUT2D eigenvalue weighted by molar-refractivity contribution is -0.111. The van der Waals surface area contributed by atoms with Gasteiger partial charge in [0.25, 0.3) is 0 Å². The number of carbonyl (C=O) groups is 1. The SMILES string of the molecule is O=C(/C=C/c1ccc(F)cc1)Nc1ccn(Cc2ccccn2)n1. The van der Waals surface area contributed by atoms with E-state index >= 15 is 0 Å². The molecule has 1 amide bonds. The number of rotatable bonds is 5. The Kier molecular flexibility index (Phi) is 4.76. The van der Waals surface area contributed by atoms with Crippen LogP contribution >= 0.6 is 0 Å². The maximum absolute atomic E-state index is 12.8. The summed E-state index contributed by atoms with van der Waals surface area (Å²) in [5, 5.41) is 6.95. The molecule has 0 saturated heterocycles. The van der Waals surface area contributed by atoms with Crippen molar-refractivity contribution in [2.75, 3.05) is 5.32 Å². The number of carbonyl (C=O) groups excluding carboxylic acids is 1. The molecule has 2 aromatic heterocycles. The fourth-order valence-electron chi connectivity index (χ4n) is 2.09. The Morgan fingerprint density at radius 1 is 1.17 bits per heavy atom. The van der Waals surface area contributed by atoms with E-state index in [0.717, 1.165) is 11.3 Å². The summed E-state index contributed by atoms with van der Waals surface area (Å²) in [7, 11) is 0. The molecule has 3 aromatic rings. The summed E-state index contributed by atoms with van der Waals surface area (Å²) < 4.78 is 14.5. The second-order valence-corrected chi connectivity index (χ2v) is 5.09. The van der Waals surface area contributed by atoms with Gasteiger partial charge in [0.2, 0.25) is 5.91 Å². The lowest BCUT2D eigenvalue weighted by Crippen LogP contribution is -2.09. The summed E-state index contributed by atoms with van der Waals surface area (Å²) in [5.74, 6) is -0.155. The Morgan fingerprint density at radius 2 is 2.00 bits per heavy atom. The number of halogens is 1. The molecule has 5 nitrogen and oxygen atoms in total. The van der Waals surface area contributed by atoms with Crippen LogP contribution in [0, 0.1) is 5.82 Å². The van der Waals surface area contributed by atoms with Crippen molar-refractivity contribution in [2.45, 2.75) is 6.54 Å². The van der Waals surface area contributed by atoms with Crippen LogP contribution in [-0.4, -0.2) is 20.7 Å². The molecule has 24 heavy (non-hydrogen) atoms. The predicted octanol–water partition coefficient (Wildman–Crippen LogP) is 3.12. The number of nitrogens with one attached hydrogen (secondary N) is 1. The minimum absolute atomic E-state index is 0.303. The van der Waals surface area contributed by atoms with Crippen LogP contribution in [0.2, 0.25) is 0 Å². The molecule has 0 atom stereocenters. The summed E-state index contributed by atoms with van der Waals surface area (Å²) in [6.07, 6.45) is 6.49. The summed E-state index contributed by atoms with van der Waals surface area (Å²) in [5.41, 5.74) is 1.63. The Bertz CT molecular complexity index is 841. The van der Waals surface area contributed by atoms with E-state index in [1.54, 1.807) is 41.4 Å². The molecule has 0 spiro atoms. The van der Waals surface area contributed by atoms with Crippen LogP contribution in [0.5, 0.6) is 0 Å².